The Kier molecular flexibility index (Phi) is 2.67. The average molecular weight is 256 g/mol. The maximum absolute atomic E-state index is 13.7. The first-order valence-corrected chi connectivity index (χ1v) is 5.97. The van der Waals surface area contributed by atoms with Crippen LogP contribution < -0.4 is 5.73 Å². The summed E-state index contributed by atoms with van der Waals surface area (Å²) in [6.07, 6.45) is 1.73. The van der Waals surface area contributed by atoms with E-state index in [4.69, 9.17) is 5.73 Å². The van der Waals surface area contributed by atoms with Crippen LogP contribution in [0, 0.1) is 12.7 Å². The molecule has 0 fully saturated rings. The monoisotopic (exact) mass is 256 g/mol. The van der Waals surface area contributed by atoms with Crippen LogP contribution in [0.15, 0.2) is 36.5 Å². The molecular weight excluding hydrogens is 243 g/mol. The lowest BCUT2D eigenvalue weighted by molar-refractivity contribution is 0.637. The number of aryl methyl sites for hydroxylation is 1. The Balaban J connectivity index is 2.13. The highest BCUT2D eigenvalue weighted by Crippen LogP contribution is 2.21. The van der Waals surface area contributed by atoms with Crippen molar-refractivity contribution >= 4 is 17.0 Å². The molecule has 0 saturated carbocycles. The summed E-state index contributed by atoms with van der Waals surface area (Å²) in [5.41, 5.74) is 8.83. The molecule has 96 valence electrons. The van der Waals surface area contributed by atoms with E-state index in [1.807, 2.05) is 19.1 Å². The molecule has 2 heterocycles. The number of halogens is 1. The summed E-state index contributed by atoms with van der Waals surface area (Å²) in [5, 5.41) is 0. The molecule has 1 aromatic carbocycles. The van der Waals surface area contributed by atoms with Gasteiger partial charge in [0.1, 0.15) is 5.52 Å². The highest BCUT2D eigenvalue weighted by atomic mass is 19.1. The number of rotatable bonds is 2. The zero-order valence-electron chi connectivity index (χ0n) is 10.5. The number of nitrogens with two attached hydrogens (primary N) is 1. The van der Waals surface area contributed by atoms with Crippen LogP contribution in [0.1, 0.15) is 11.3 Å². The van der Waals surface area contributed by atoms with Crippen molar-refractivity contribution in [2.75, 3.05) is 5.73 Å². The lowest BCUT2D eigenvalue weighted by atomic mass is 10.2. The van der Waals surface area contributed by atoms with Crippen LogP contribution in [0.25, 0.3) is 11.0 Å². The minimum absolute atomic E-state index is 0.296. The largest absolute Gasteiger partial charge is 0.369 e. The van der Waals surface area contributed by atoms with E-state index in [1.165, 1.54) is 6.07 Å². The predicted octanol–water partition coefficient (Wildman–Crippen LogP) is 2.51. The fourth-order valence-corrected chi connectivity index (χ4v) is 2.13. The minimum atomic E-state index is -0.360. The van der Waals surface area contributed by atoms with Crippen molar-refractivity contribution in [2.45, 2.75) is 13.5 Å². The average Bonchev–Trinajstić information content (AvgIpc) is 2.71. The Labute approximate surface area is 109 Å². The first-order chi connectivity index (χ1) is 9.16. The molecule has 0 amide bonds. The van der Waals surface area contributed by atoms with Crippen LogP contribution in [0.5, 0.6) is 0 Å². The summed E-state index contributed by atoms with van der Waals surface area (Å²) >= 11 is 0. The molecule has 0 spiro atoms. The second-order valence-electron chi connectivity index (χ2n) is 4.43. The van der Waals surface area contributed by atoms with Crippen LogP contribution in [-0.2, 0) is 6.54 Å². The summed E-state index contributed by atoms with van der Waals surface area (Å²) in [7, 11) is 0. The summed E-state index contributed by atoms with van der Waals surface area (Å²) in [6, 6.07) is 8.71. The molecule has 0 aliphatic rings. The number of hydrogen-bond donors (Lipinski definition) is 1. The lowest BCUT2D eigenvalue weighted by Gasteiger charge is -2.08. The molecule has 0 radical (unpaired) electrons. The summed E-state index contributed by atoms with van der Waals surface area (Å²) in [5.74, 6) is -0.0640. The van der Waals surface area contributed by atoms with Crippen molar-refractivity contribution in [2.24, 2.45) is 0 Å². The fraction of sp³-hybridized carbons (Fsp3) is 0.143. The fourth-order valence-electron chi connectivity index (χ4n) is 2.13. The van der Waals surface area contributed by atoms with Crippen LogP contribution in [0.4, 0.5) is 10.3 Å². The van der Waals surface area contributed by atoms with Gasteiger partial charge < -0.3 is 10.3 Å². The van der Waals surface area contributed by atoms with E-state index < -0.39 is 0 Å². The molecule has 4 nitrogen and oxygen atoms in total. The molecule has 0 aliphatic heterocycles. The number of pyridine rings is 1. The number of nitrogen functional groups attached to an aromatic ring is 1. The molecule has 0 saturated heterocycles. The van der Waals surface area contributed by atoms with Gasteiger partial charge in [0, 0.05) is 6.20 Å². The third-order valence-electron chi connectivity index (χ3n) is 3.18. The predicted molar refractivity (Wildman–Crippen MR) is 72.2 cm³/mol. The maximum Gasteiger partial charge on any atom is 0.201 e. The number of anilines is 1. The molecule has 0 atom stereocenters. The van der Waals surface area contributed by atoms with Gasteiger partial charge in [0.15, 0.2) is 5.82 Å². The standard InChI is InChI=1S/C14H13FN4/c1-9-4-3-7-17-11(9)8-19-12-6-2-5-10(15)13(12)18-14(19)16/h2-7H,8H2,1H3,(H2,16,18). The second kappa shape index (κ2) is 4.35. The van der Waals surface area contributed by atoms with Gasteiger partial charge in [0.2, 0.25) is 5.95 Å². The van der Waals surface area contributed by atoms with Crippen molar-refractivity contribution in [1.82, 2.24) is 14.5 Å². The molecule has 3 aromatic rings. The third kappa shape index (κ3) is 1.93. The summed E-state index contributed by atoms with van der Waals surface area (Å²) < 4.78 is 15.4. The van der Waals surface area contributed by atoms with E-state index in [0.717, 1.165) is 11.3 Å². The molecule has 19 heavy (non-hydrogen) atoms. The summed E-state index contributed by atoms with van der Waals surface area (Å²) in [6.45, 7) is 2.47. The normalized spacial score (nSPS) is 11.1. The molecule has 2 aromatic heterocycles. The maximum atomic E-state index is 13.7. The van der Waals surface area contributed by atoms with Gasteiger partial charge in [0.05, 0.1) is 17.8 Å². The lowest BCUT2D eigenvalue weighted by Crippen LogP contribution is -2.07. The third-order valence-corrected chi connectivity index (χ3v) is 3.18. The SMILES string of the molecule is Cc1cccnc1Cn1c(N)nc2c(F)cccc21. The van der Waals surface area contributed by atoms with Gasteiger partial charge in [-0.05, 0) is 30.7 Å². The second-order valence-corrected chi connectivity index (χ2v) is 4.43. The van der Waals surface area contributed by atoms with E-state index in [0.29, 0.717) is 23.5 Å². The zero-order chi connectivity index (χ0) is 13.4. The smallest absolute Gasteiger partial charge is 0.201 e. The van der Waals surface area contributed by atoms with E-state index >= 15 is 0 Å². The molecule has 0 unspecified atom stereocenters. The van der Waals surface area contributed by atoms with Gasteiger partial charge in [-0.15, -0.1) is 0 Å². The van der Waals surface area contributed by atoms with Crippen molar-refractivity contribution in [1.29, 1.82) is 0 Å². The Morgan fingerprint density at radius 3 is 2.89 bits per heavy atom. The quantitative estimate of drug-likeness (QED) is 0.766. The van der Waals surface area contributed by atoms with Gasteiger partial charge in [-0.3, -0.25) is 4.98 Å². The van der Waals surface area contributed by atoms with Crippen molar-refractivity contribution in [3.8, 4) is 0 Å². The van der Waals surface area contributed by atoms with Crippen LogP contribution in [0.2, 0.25) is 0 Å². The first kappa shape index (κ1) is 11.6. The van der Waals surface area contributed by atoms with Gasteiger partial charge in [0.25, 0.3) is 0 Å². The van der Waals surface area contributed by atoms with Gasteiger partial charge in [-0.25, -0.2) is 9.37 Å². The van der Waals surface area contributed by atoms with Gasteiger partial charge >= 0.3 is 0 Å². The Morgan fingerprint density at radius 2 is 2.11 bits per heavy atom. The molecule has 0 bridgehead atoms. The number of aromatic nitrogens is 3. The molecular formula is C14H13FN4. The first-order valence-electron chi connectivity index (χ1n) is 5.97. The summed E-state index contributed by atoms with van der Waals surface area (Å²) in [4.78, 5) is 8.40. The topological polar surface area (TPSA) is 56.7 Å². The number of fused-ring (bicyclic) bond motifs is 1. The van der Waals surface area contributed by atoms with Crippen molar-refractivity contribution in [3.05, 3.63) is 53.6 Å². The zero-order valence-corrected chi connectivity index (χ0v) is 10.5. The Morgan fingerprint density at radius 1 is 1.26 bits per heavy atom. The van der Waals surface area contributed by atoms with E-state index in [2.05, 4.69) is 9.97 Å². The number of benzene rings is 1. The number of imidazole rings is 1. The molecule has 2 N–H and O–H groups in total. The highest BCUT2D eigenvalue weighted by molar-refractivity contribution is 5.79. The number of para-hydroxylation sites is 1. The highest BCUT2D eigenvalue weighted by Gasteiger charge is 2.12. The molecule has 3 rings (SSSR count). The Bertz CT molecular complexity index is 748. The van der Waals surface area contributed by atoms with Crippen molar-refractivity contribution < 1.29 is 4.39 Å². The van der Waals surface area contributed by atoms with E-state index in [9.17, 15) is 4.39 Å². The van der Waals surface area contributed by atoms with Gasteiger partial charge in [-0.2, -0.15) is 0 Å². The van der Waals surface area contributed by atoms with E-state index in [-0.39, 0.29) is 5.82 Å². The molecule has 5 heteroatoms. The Hall–Kier alpha value is -2.43. The van der Waals surface area contributed by atoms with Gasteiger partial charge in [-0.1, -0.05) is 12.1 Å². The van der Waals surface area contributed by atoms with Crippen LogP contribution >= 0.6 is 0 Å². The number of nitrogens with zero attached hydrogens (tertiary/aromatic N) is 3. The van der Waals surface area contributed by atoms with E-state index in [1.54, 1.807) is 22.9 Å². The molecule has 0 aliphatic carbocycles. The van der Waals surface area contributed by atoms with Crippen LogP contribution in [-0.4, -0.2) is 14.5 Å². The van der Waals surface area contributed by atoms with Crippen molar-refractivity contribution in [3.63, 3.8) is 0 Å². The van der Waals surface area contributed by atoms with Crippen LogP contribution in [0.3, 0.4) is 0 Å². The minimum Gasteiger partial charge on any atom is -0.369 e. The number of hydrogen-bond acceptors (Lipinski definition) is 3.